The number of hydrogen-bond donors (Lipinski definition) is 0. The fourth-order valence-electron chi connectivity index (χ4n) is 2.18. The summed E-state index contributed by atoms with van der Waals surface area (Å²) in [6, 6.07) is 2.52. The Balaban J connectivity index is 1.44. The van der Waals surface area contributed by atoms with Crippen LogP contribution in [0, 0.1) is 6.92 Å². The molecule has 3 heterocycles. The van der Waals surface area contributed by atoms with Gasteiger partial charge in [-0.05, 0) is 6.07 Å². The van der Waals surface area contributed by atoms with Crippen LogP contribution in [-0.4, -0.2) is 39.3 Å². The average Bonchev–Trinajstić information content (AvgIpc) is 2.87. The number of rotatable bonds is 4. The molecule has 0 unspecified atom stereocenters. The lowest BCUT2D eigenvalue weighted by Gasteiger charge is -2.39. The lowest BCUT2D eigenvalue weighted by Crippen LogP contribution is -2.48. The van der Waals surface area contributed by atoms with E-state index in [2.05, 4.69) is 15.0 Å². The van der Waals surface area contributed by atoms with E-state index in [1.807, 2.05) is 36.3 Å². The molecule has 5 heteroatoms. The second kappa shape index (κ2) is 4.33. The van der Waals surface area contributed by atoms with Crippen LogP contribution < -0.4 is 0 Å². The Morgan fingerprint density at radius 1 is 1.47 bits per heavy atom. The number of likely N-dealkylation sites (tertiary alicyclic amines) is 1. The molecule has 0 radical (unpaired) electrons. The zero-order valence-corrected chi connectivity index (χ0v) is 9.91. The van der Waals surface area contributed by atoms with Crippen molar-refractivity contribution in [1.82, 2.24) is 19.7 Å². The second-order valence-corrected chi connectivity index (χ2v) is 4.50. The first-order chi connectivity index (χ1) is 8.31. The zero-order chi connectivity index (χ0) is 11.7. The van der Waals surface area contributed by atoms with Gasteiger partial charge in [-0.25, -0.2) is 4.98 Å². The van der Waals surface area contributed by atoms with Gasteiger partial charge in [0.25, 0.3) is 0 Å². The molecule has 0 N–H and O–H groups in total. The van der Waals surface area contributed by atoms with Gasteiger partial charge in [-0.3, -0.25) is 9.58 Å². The Labute approximate surface area is 100 Å². The van der Waals surface area contributed by atoms with Crippen LogP contribution in [0.25, 0.3) is 0 Å². The monoisotopic (exact) mass is 232 g/mol. The summed E-state index contributed by atoms with van der Waals surface area (Å²) >= 11 is 0. The van der Waals surface area contributed by atoms with E-state index < -0.39 is 0 Å². The predicted molar refractivity (Wildman–Crippen MR) is 62.6 cm³/mol. The Hall–Kier alpha value is -1.62. The van der Waals surface area contributed by atoms with E-state index in [0.717, 1.165) is 37.7 Å². The SMILES string of the molecule is Cc1ncc(CCN2CC(n3cccn3)C2)o1. The van der Waals surface area contributed by atoms with Crippen LogP contribution in [-0.2, 0) is 6.42 Å². The molecule has 1 fully saturated rings. The molecule has 17 heavy (non-hydrogen) atoms. The standard InChI is InChI=1S/C12H16N4O/c1-10-13-7-12(17-10)3-6-15-8-11(9-15)16-5-2-4-14-16/h2,4-5,7,11H,3,6,8-9H2,1H3. The Kier molecular flexibility index (Phi) is 2.68. The highest BCUT2D eigenvalue weighted by Crippen LogP contribution is 2.20. The maximum absolute atomic E-state index is 5.45. The van der Waals surface area contributed by atoms with Crippen LogP contribution >= 0.6 is 0 Å². The fourth-order valence-corrected chi connectivity index (χ4v) is 2.18. The molecule has 1 aliphatic rings. The van der Waals surface area contributed by atoms with Crippen LogP contribution in [0.4, 0.5) is 0 Å². The van der Waals surface area contributed by atoms with E-state index in [1.54, 1.807) is 0 Å². The summed E-state index contributed by atoms with van der Waals surface area (Å²) in [5.74, 6) is 1.73. The van der Waals surface area contributed by atoms with Crippen molar-refractivity contribution in [3.8, 4) is 0 Å². The van der Waals surface area contributed by atoms with E-state index in [9.17, 15) is 0 Å². The molecule has 1 saturated heterocycles. The van der Waals surface area contributed by atoms with Crippen LogP contribution in [0.5, 0.6) is 0 Å². The average molecular weight is 232 g/mol. The summed E-state index contributed by atoms with van der Waals surface area (Å²) in [5.41, 5.74) is 0. The number of hydrogen-bond acceptors (Lipinski definition) is 4. The van der Waals surface area contributed by atoms with Crippen LogP contribution in [0.15, 0.2) is 29.1 Å². The Morgan fingerprint density at radius 3 is 3.00 bits per heavy atom. The molecular weight excluding hydrogens is 216 g/mol. The third kappa shape index (κ3) is 2.24. The molecule has 3 rings (SSSR count). The summed E-state index contributed by atoms with van der Waals surface area (Å²) < 4.78 is 7.48. The minimum absolute atomic E-state index is 0.543. The van der Waals surface area contributed by atoms with Gasteiger partial charge in [0.2, 0.25) is 0 Å². The van der Waals surface area contributed by atoms with E-state index in [4.69, 9.17) is 4.42 Å². The third-order valence-electron chi connectivity index (χ3n) is 3.18. The van der Waals surface area contributed by atoms with Gasteiger partial charge in [0.05, 0.1) is 12.2 Å². The van der Waals surface area contributed by atoms with E-state index in [1.165, 1.54) is 0 Å². The largest absolute Gasteiger partial charge is 0.446 e. The van der Waals surface area contributed by atoms with Gasteiger partial charge in [0.15, 0.2) is 5.89 Å². The second-order valence-electron chi connectivity index (χ2n) is 4.50. The summed E-state index contributed by atoms with van der Waals surface area (Å²) in [5, 5.41) is 4.26. The van der Waals surface area contributed by atoms with Crippen molar-refractivity contribution in [2.75, 3.05) is 19.6 Å². The molecule has 0 amide bonds. The lowest BCUT2D eigenvalue weighted by atomic mass is 10.1. The van der Waals surface area contributed by atoms with Crippen molar-refractivity contribution in [2.24, 2.45) is 0 Å². The maximum atomic E-state index is 5.45. The Morgan fingerprint density at radius 2 is 2.35 bits per heavy atom. The normalized spacial score (nSPS) is 17.2. The van der Waals surface area contributed by atoms with Crippen LogP contribution in [0.3, 0.4) is 0 Å². The molecule has 0 aromatic carbocycles. The van der Waals surface area contributed by atoms with Crippen LogP contribution in [0.1, 0.15) is 17.7 Å². The van der Waals surface area contributed by atoms with E-state index in [0.29, 0.717) is 6.04 Å². The van der Waals surface area contributed by atoms with Gasteiger partial charge in [-0.2, -0.15) is 5.10 Å². The minimum atomic E-state index is 0.543. The van der Waals surface area contributed by atoms with Gasteiger partial charge in [-0.15, -0.1) is 0 Å². The van der Waals surface area contributed by atoms with Crippen molar-refractivity contribution in [1.29, 1.82) is 0 Å². The molecule has 0 bridgehead atoms. The van der Waals surface area contributed by atoms with Crippen molar-refractivity contribution in [3.63, 3.8) is 0 Å². The smallest absolute Gasteiger partial charge is 0.191 e. The van der Waals surface area contributed by atoms with Gasteiger partial charge in [0.1, 0.15) is 5.76 Å². The molecule has 0 aliphatic carbocycles. The molecule has 2 aromatic heterocycles. The highest BCUT2D eigenvalue weighted by Gasteiger charge is 2.27. The molecule has 0 saturated carbocycles. The molecule has 0 atom stereocenters. The minimum Gasteiger partial charge on any atom is -0.446 e. The summed E-state index contributed by atoms with van der Waals surface area (Å²) in [4.78, 5) is 6.50. The van der Waals surface area contributed by atoms with Crippen molar-refractivity contribution in [2.45, 2.75) is 19.4 Å². The van der Waals surface area contributed by atoms with E-state index in [-0.39, 0.29) is 0 Å². The fraction of sp³-hybridized carbons (Fsp3) is 0.500. The first-order valence-electron chi connectivity index (χ1n) is 5.94. The first-order valence-corrected chi connectivity index (χ1v) is 5.94. The van der Waals surface area contributed by atoms with Gasteiger partial charge in [-0.1, -0.05) is 0 Å². The zero-order valence-electron chi connectivity index (χ0n) is 9.91. The maximum Gasteiger partial charge on any atom is 0.191 e. The molecule has 5 nitrogen and oxygen atoms in total. The van der Waals surface area contributed by atoms with Gasteiger partial charge >= 0.3 is 0 Å². The molecule has 0 spiro atoms. The van der Waals surface area contributed by atoms with Crippen molar-refractivity contribution in [3.05, 3.63) is 36.3 Å². The first kappa shape index (κ1) is 10.5. The van der Waals surface area contributed by atoms with Crippen LogP contribution in [0.2, 0.25) is 0 Å². The highest BCUT2D eigenvalue weighted by molar-refractivity contribution is 4.95. The van der Waals surface area contributed by atoms with Crippen molar-refractivity contribution < 1.29 is 4.42 Å². The van der Waals surface area contributed by atoms with E-state index >= 15 is 0 Å². The number of oxazole rings is 1. The summed E-state index contributed by atoms with van der Waals surface area (Å²) in [6.45, 7) is 5.07. The van der Waals surface area contributed by atoms with Gasteiger partial charge in [0, 0.05) is 45.4 Å². The summed E-state index contributed by atoms with van der Waals surface area (Å²) in [7, 11) is 0. The third-order valence-corrected chi connectivity index (χ3v) is 3.18. The number of aromatic nitrogens is 3. The van der Waals surface area contributed by atoms with Gasteiger partial charge < -0.3 is 4.42 Å². The highest BCUT2D eigenvalue weighted by atomic mass is 16.3. The van der Waals surface area contributed by atoms with Crippen molar-refractivity contribution >= 4 is 0 Å². The number of nitrogens with zero attached hydrogens (tertiary/aromatic N) is 4. The molecule has 1 aliphatic heterocycles. The number of aryl methyl sites for hydroxylation is 1. The quantitative estimate of drug-likeness (QED) is 0.796. The lowest BCUT2D eigenvalue weighted by molar-refractivity contribution is 0.0983. The Bertz CT molecular complexity index is 470. The summed E-state index contributed by atoms with van der Waals surface area (Å²) in [6.07, 6.45) is 6.62. The topological polar surface area (TPSA) is 47.1 Å². The molecule has 2 aromatic rings. The predicted octanol–water partition coefficient (Wildman–Crippen LogP) is 1.28. The molecule has 90 valence electrons. The molecular formula is C12H16N4O.